The quantitative estimate of drug-likeness (QED) is 0.788. The lowest BCUT2D eigenvalue weighted by Crippen LogP contribution is -2.48. The van der Waals surface area contributed by atoms with E-state index in [1.54, 1.807) is 0 Å². The second-order valence-electron chi connectivity index (χ2n) is 6.09. The Bertz CT molecular complexity index is 514. The van der Waals surface area contributed by atoms with Gasteiger partial charge in [0.05, 0.1) is 6.54 Å². The van der Waals surface area contributed by atoms with Crippen LogP contribution < -0.4 is 0 Å². The van der Waals surface area contributed by atoms with Crippen LogP contribution in [0.4, 0.5) is 0 Å². The molecule has 1 aliphatic heterocycles. The minimum atomic E-state index is -0.298. The molecular weight excluding hydrogens is 254 g/mol. The van der Waals surface area contributed by atoms with Crippen LogP contribution >= 0.6 is 0 Å². The first-order chi connectivity index (χ1) is 9.37. The highest BCUT2D eigenvalue weighted by molar-refractivity contribution is 6.02. The number of nitrogens with zero attached hydrogens (tertiary/aromatic N) is 1. The highest BCUT2D eigenvalue weighted by Crippen LogP contribution is 2.31. The van der Waals surface area contributed by atoms with E-state index in [1.165, 1.54) is 0 Å². The number of hydrogen-bond donors (Lipinski definition) is 0. The molecule has 2 rings (SSSR count). The van der Waals surface area contributed by atoms with E-state index < -0.39 is 0 Å². The summed E-state index contributed by atoms with van der Waals surface area (Å²) in [5.74, 6) is -0.599. The van der Waals surface area contributed by atoms with Crippen LogP contribution in [0.15, 0.2) is 30.3 Å². The molecule has 1 aromatic carbocycles. The predicted octanol–water partition coefficient (Wildman–Crippen LogP) is 1.97. The summed E-state index contributed by atoms with van der Waals surface area (Å²) in [6.07, 6.45) is 0.885. The Hall–Kier alpha value is -1.97. The van der Waals surface area contributed by atoms with Crippen LogP contribution in [-0.4, -0.2) is 29.0 Å². The van der Waals surface area contributed by atoms with Crippen LogP contribution in [0.3, 0.4) is 0 Å². The molecule has 0 unspecified atom stereocenters. The van der Waals surface area contributed by atoms with E-state index in [1.807, 2.05) is 44.2 Å². The Morgan fingerprint density at radius 3 is 2.20 bits per heavy atom. The van der Waals surface area contributed by atoms with Gasteiger partial charge >= 0.3 is 0 Å². The van der Waals surface area contributed by atoms with E-state index in [2.05, 4.69) is 0 Å². The van der Waals surface area contributed by atoms with E-state index in [-0.39, 0.29) is 36.0 Å². The van der Waals surface area contributed by atoms with Gasteiger partial charge in [0, 0.05) is 19.3 Å². The summed E-state index contributed by atoms with van der Waals surface area (Å²) in [7, 11) is 0. The fourth-order valence-electron chi connectivity index (χ4n) is 2.44. The van der Waals surface area contributed by atoms with Crippen LogP contribution in [0.1, 0.15) is 32.3 Å². The third-order valence-electron chi connectivity index (χ3n) is 3.44. The number of Topliss-reactive ketones (excluding diaryl/α,β-unsaturated/α-hetero) is 1. The number of piperidine rings is 1. The molecule has 0 spiro atoms. The largest absolute Gasteiger partial charge is 0.297 e. The number of carbonyl (C=O) groups excluding carboxylic acids is 3. The van der Waals surface area contributed by atoms with E-state index in [0.29, 0.717) is 12.8 Å². The number of likely N-dealkylation sites (tertiary alicyclic amines) is 1. The fraction of sp³-hybridized carbons (Fsp3) is 0.438. The van der Waals surface area contributed by atoms with Gasteiger partial charge < -0.3 is 0 Å². The molecule has 0 atom stereocenters. The summed E-state index contributed by atoms with van der Waals surface area (Å²) < 4.78 is 0. The lowest BCUT2D eigenvalue weighted by molar-refractivity contribution is -0.154. The summed E-state index contributed by atoms with van der Waals surface area (Å²) in [4.78, 5) is 37.0. The lowest BCUT2D eigenvalue weighted by atomic mass is 9.81. The Morgan fingerprint density at radius 2 is 1.65 bits per heavy atom. The van der Waals surface area contributed by atoms with Gasteiger partial charge in [-0.3, -0.25) is 19.3 Å². The molecule has 4 nitrogen and oxygen atoms in total. The molecule has 0 aromatic heterocycles. The molecular formula is C16H19NO3. The third-order valence-corrected chi connectivity index (χ3v) is 3.44. The highest BCUT2D eigenvalue weighted by Gasteiger charge is 2.37. The van der Waals surface area contributed by atoms with Crippen molar-refractivity contribution in [3.8, 4) is 0 Å². The first-order valence-corrected chi connectivity index (χ1v) is 6.76. The minimum absolute atomic E-state index is 0.108. The molecule has 0 bridgehead atoms. The lowest BCUT2D eigenvalue weighted by Gasteiger charge is -2.34. The summed E-state index contributed by atoms with van der Waals surface area (Å²) in [5, 5.41) is 0. The normalized spacial score (nSPS) is 18.2. The van der Waals surface area contributed by atoms with E-state index >= 15 is 0 Å². The van der Waals surface area contributed by atoms with Gasteiger partial charge in [0.1, 0.15) is 0 Å². The number of amides is 2. The summed E-state index contributed by atoms with van der Waals surface area (Å²) in [6, 6.07) is 9.33. The molecule has 0 radical (unpaired) electrons. The molecule has 1 aliphatic rings. The standard InChI is InChI=1S/C16H19NO3/c1-16(2)9-14(19)17(15(20)10-16)11-13(18)8-12-6-4-3-5-7-12/h3-7H,8-11H2,1-2H3. The Morgan fingerprint density at radius 1 is 1.10 bits per heavy atom. The maximum atomic E-state index is 12.0. The van der Waals surface area contributed by atoms with Crippen LogP contribution in [-0.2, 0) is 20.8 Å². The maximum Gasteiger partial charge on any atom is 0.230 e. The molecule has 1 fully saturated rings. The molecule has 106 valence electrons. The molecule has 0 N–H and O–H groups in total. The SMILES string of the molecule is CC1(C)CC(=O)N(CC(=O)Cc2ccccc2)C(=O)C1. The topological polar surface area (TPSA) is 54.5 Å². The van der Waals surface area contributed by atoms with Crippen molar-refractivity contribution in [2.75, 3.05) is 6.54 Å². The number of hydrogen-bond acceptors (Lipinski definition) is 3. The van der Waals surface area contributed by atoms with Gasteiger partial charge in [-0.2, -0.15) is 0 Å². The average Bonchev–Trinajstić information content (AvgIpc) is 2.34. The number of rotatable bonds is 4. The summed E-state index contributed by atoms with van der Waals surface area (Å²) >= 11 is 0. The fourth-order valence-corrected chi connectivity index (χ4v) is 2.44. The average molecular weight is 273 g/mol. The van der Waals surface area contributed by atoms with Crippen molar-refractivity contribution < 1.29 is 14.4 Å². The number of ketones is 1. The van der Waals surface area contributed by atoms with Crippen molar-refractivity contribution in [1.29, 1.82) is 0 Å². The highest BCUT2D eigenvalue weighted by atomic mass is 16.2. The molecule has 4 heteroatoms. The van der Waals surface area contributed by atoms with Gasteiger partial charge in [-0.1, -0.05) is 44.2 Å². The molecule has 2 amide bonds. The summed E-state index contributed by atoms with van der Waals surface area (Å²) in [5.41, 5.74) is 0.599. The maximum absolute atomic E-state index is 12.0. The van der Waals surface area contributed by atoms with E-state index in [0.717, 1.165) is 10.5 Å². The minimum Gasteiger partial charge on any atom is -0.297 e. The van der Waals surface area contributed by atoms with Gasteiger partial charge in [-0.25, -0.2) is 0 Å². The molecule has 1 saturated heterocycles. The Kier molecular flexibility index (Phi) is 4.02. The van der Waals surface area contributed by atoms with Crippen LogP contribution in [0, 0.1) is 5.41 Å². The monoisotopic (exact) mass is 273 g/mol. The zero-order valence-corrected chi connectivity index (χ0v) is 11.9. The van der Waals surface area contributed by atoms with Gasteiger partial charge in [0.15, 0.2) is 5.78 Å². The van der Waals surface area contributed by atoms with Crippen molar-refractivity contribution in [3.63, 3.8) is 0 Å². The van der Waals surface area contributed by atoms with Crippen molar-refractivity contribution in [2.24, 2.45) is 5.41 Å². The first-order valence-electron chi connectivity index (χ1n) is 6.76. The smallest absolute Gasteiger partial charge is 0.230 e. The third kappa shape index (κ3) is 3.53. The molecule has 0 saturated carbocycles. The van der Waals surface area contributed by atoms with Gasteiger partial charge in [0.2, 0.25) is 11.8 Å². The number of carbonyl (C=O) groups is 3. The van der Waals surface area contributed by atoms with Crippen LogP contribution in [0.5, 0.6) is 0 Å². The zero-order chi connectivity index (χ0) is 14.8. The van der Waals surface area contributed by atoms with Crippen molar-refractivity contribution in [2.45, 2.75) is 33.1 Å². The van der Waals surface area contributed by atoms with E-state index in [9.17, 15) is 14.4 Å². The second-order valence-corrected chi connectivity index (χ2v) is 6.09. The van der Waals surface area contributed by atoms with Crippen molar-refractivity contribution in [1.82, 2.24) is 4.90 Å². The van der Waals surface area contributed by atoms with Crippen LogP contribution in [0.25, 0.3) is 0 Å². The van der Waals surface area contributed by atoms with Crippen molar-refractivity contribution in [3.05, 3.63) is 35.9 Å². The molecule has 1 heterocycles. The van der Waals surface area contributed by atoms with Gasteiger partial charge in [-0.15, -0.1) is 0 Å². The molecule has 20 heavy (non-hydrogen) atoms. The Labute approximate surface area is 118 Å². The van der Waals surface area contributed by atoms with Crippen molar-refractivity contribution >= 4 is 17.6 Å². The summed E-state index contributed by atoms with van der Waals surface area (Å²) in [6.45, 7) is 3.68. The Balaban J connectivity index is 1.98. The molecule has 0 aliphatic carbocycles. The number of imide groups is 1. The first kappa shape index (κ1) is 14.4. The van der Waals surface area contributed by atoms with Crippen LogP contribution in [0.2, 0.25) is 0 Å². The zero-order valence-electron chi connectivity index (χ0n) is 11.9. The van der Waals surface area contributed by atoms with Gasteiger partial charge in [-0.05, 0) is 11.0 Å². The molecule has 1 aromatic rings. The second kappa shape index (κ2) is 5.57. The van der Waals surface area contributed by atoms with Gasteiger partial charge in [0.25, 0.3) is 0 Å². The van der Waals surface area contributed by atoms with E-state index in [4.69, 9.17) is 0 Å². The number of benzene rings is 1. The predicted molar refractivity (Wildman–Crippen MR) is 74.9 cm³/mol.